The van der Waals surface area contributed by atoms with Crippen molar-refractivity contribution in [3.05, 3.63) is 12.2 Å². The summed E-state index contributed by atoms with van der Waals surface area (Å²) in [5.41, 5.74) is 0. The van der Waals surface area contributed by atoms with E-state index in [0.717, 1.165) is 29.5 Å². The quantitative estimate of drug-likeness (QED) is 0.741. The highest BCUT2D eigenvalue weighted by atomic mass is 15.3. The summed E-state index contributed by atoms with van der Waals surface area (Å²) in [6.45, 7) is 4.70. The minimum Gasteiger partial charge on any atom is -0.256 e. The van der Waals surface area contributed by atoms with Gasteiger partial charge in [0.15, 0.2) is 5.82 Å². The van der Waals surface area contributed by atoms with Gasteiger partial charge in [0.1, 0.15) is 6.33 Å². The van der Waals surface area contributed by atoms with Crippen LogP contribution in [0.2, 0.25) is 0 Å². The van der Waals surface area contributed by atoms with Crippen molar-refractivity contribution < 1.29 is 0 Å². The van der Waals surface area contributed by atoms with Crippen LogP contribution in [0.4, 0.5) is 0 Å². The van der Waals surface area contributed by atoms with E-state index in [0.29, 0.717) is 5.92 Å². The zero-order chi connectivity index (χ0) is 10.6. The lowest BCUT2D eigenvalue weighted by atomic mass is 9.89. The Balaban J connectivity index is 1.68. The first-order valence-electron chi connectivity index (χ1n) is 6.02. The van der Waals surface area contributed by atoms with E-state index in [1.807, 2.05) is 18.1 Å². The molecular weight excluding hydrogens is 186 g/mol. The lowest BCUT2D eigenvalue weighted by molar-refractivity contribution is 0.351. The molecule has 2 aliphatic rings. The summed E-state index contributed by atoms with van der Waals surface area (Å²) in [5, 5.41) is 4.43. The van der Waals surface area contributed by atoms with Crippen LogP contribution in [0.5, 0.6) is 0 Å². The number of rotatable bonds is 2. The predicted molar refractivity (Wildman–Crippen MR) is 58.3 cm³/mol. The number of hydrogen-bond acceptors (Lipinski definition) is 2. The highest BCUT2D eigenvalue weighted by Crippen LogP contribution is 2.65. The molecule has 3 heteroatoms. The molecule has 2 fully saturated rings. The van der Waals surface area contributed by atoms with Crippen molar-refractivity contribution in [3.8, 4) is 0 Å². The molecule has 2 saturated carbocycles. The van der Waals surface area contributed by atoms with E-state index in [-0.39, 0.29) is 0 Å². The fourth-order valence-electron chi connectivity index (χ4n) is 3.32. The fraction of sp³-hybridized carbons (Fsp3) is 0.833. The first kappa shape index (κ1) is 9.37. The molecule has 82 valence electrons. The Bertz CT molecular complexity index is 357. The number of fused-ring (bicyclic) bond motifs is 1. The van der Waals surface area contributed by atoms with E-state index in [2.05, 4.69) is 23.9 Å². The topological polar surface area (TPSA) is 30.7 Å². The molecule has 2 aliphatic carbocycles. The molecule has 0 saturated heterocycles. The Labute approximate surface area is 90.9 Å². The van der Waals surface area contributed by atoms with Crippen molar-refractivity contribution in [3.63, 3.8) is 0 Å². The Morgan fingerprint density at radius 1 is 1.33 bits per heavy atom. The number of nitrogens with zero attached hydrogens (tertiary/aromatic N) is 3. The minimum absolute atomic E-state index is 0.696. The van der Waals surface area contributed by atoms with Crippen LogP contribution in [0.3, 0.4) is 0 Å². The monoisotopic (exact) mass is 205 g/mol. The van der Waals surface area contributed by atoms with Gasteiger partial charge in [0.05, 0.1) is 0 Å². The second kappa shape index (κ2) is 3.06. The highest BCUT2D eigenvalue weighted by Gasteiger charge is 2.58. The van der Waals surface area contributed by atoms with Crippen molar-refractivity contribution in [2.24, 2.45) is 30.7 Å². The summed E-state index contributed by atoms with van der Waals surface area (Å²) in [6, 6.07) is 0. The van der Waals surface area contributed by atoms with Crippen LogP contribution in [0, 0.1) is 23.7 Å². The average Bonchev–Trinajstić information content (AvgIpc) is 2.62. The number of hydrogen-bond donors (Lipinski definition) is 0. The van der Waals surface area contributed by atoms with Gasteiger partial charge < -0.3 is 0 Å². The second-order valence-electron chi connectivity index (χ2n) is 5.61. The van der Waals surface area contributed by atoms with Crippen molar-refractivity contribution in [1.29, 1.82) is 0 Å². The third kappa shape index (κ3) is 1.40. The molecule has 0 aliphatic heterocycles. The molecule has 4 atom stereocenters. The summed E-state index contributed by atoms with van der Waals surface area (Å²) in [4.78, 5) is 4.38. The van der Waals surface area contributed by atoms with Gasteiger partial charge in [0.2, 0.25) is 0 Å². The normalized spacial score (nSPS) is 38.4. The summed E-state index contributed by atoms with van der Waals surface area (Å²) < 4.78 is 1.82. The van der Waals surface area contributed by atoms with Crippen LogP contribution in [0.1, 0.15) is 38.4 Å². The Morgan fingerprint density at radius 3 is 2.47 bits per heavy atom. The van der Waals surface area contributed by atoms with Gasteiger partial charge in [-0.2, -0.15) is 5.10 Å². The maximum atomic E-state index is 4.43. The molecule has 1 aromatic heterocycles. The zero-order valence-corrected chi connectivity index (χ0v) is 9.72. The van der Waals surface area contributed by atoms with Gasteiger partial charge >= 0.3 is 0 Å². The van der Waals surface area contributed by atoms with E-state index < -0.39 is 0 Å². The summed E-state index contributed by atoms with van der Waals surface area (Å²) in [6.07, 6.45) is 4.64. The molecule has 0 bridgehead atoms. The largest absolute Gasteiger partial charge is 0.256 e. The van der Waals surface area contributed by atoms with Crippen molar-refractivity contribution in [2.45, 2.75) is 32.6 Å². The van der Waals surface area contributed by atoms with Gasteiger partial charge in [-0.1, -0.05) is 13.8 Å². The molecule has 2 unspecified atom stereocenters. The molecule has 3 rings (SSSR count). The summed E-state index contributed by atoms with van der Waals surface area (Å²) in [5.74, 6) is 5.41. The SMILES string of the molecule is CC(C)C1CC2[C@@H](c3ncn(C)n3)[C@H]2C1. The van der Waals surface area contributed by atoms with E-state index in [9.17, 15) is 0 Å². The van der Waals surface area contributed by atoms with Gasteiger partial charge in [-0.3, -0.25) is 4.68 Å². The Kier molecular flexibility index (Phi) is 1.91. The molecule has 0 N–H and O–H groups in total. The third-order valence-electron chi connectivity index (χ3n) is 4.34. The van der Waals surface area contributed by atoms with Crippen LogP contribution in [0.15, 0.2) is 6.33 Å². The van der Waals surface area contributed by atoms with E-state index in [1.54, 1.807) is 0 Å². The van der Waals surface area contributed by atoms with Crippen LogP contribution in [0.25, 0.3) is 0 Å². The molecule has 0 radical (unpaired) electrons. The van der Waals surface area contributed by atoms with Gasteiger partial charge in [-0.25, -0.2) is 4.98 Å². The lowest BCUT2D eigenvalue weighted by Gasteiger charge is -2.16. The standard InChI is InChI=1S/C12H19N3/c1-7(2)8-4-9-10(5-8)11(9)12-13-6-15(3)14-12/h6-11H,4-5H2,1-3H3/t8?,9-,10?,11-/m0/s1. The van der Waals surface area contributed by atoms with Crippen LogP contribution in [-0.4, -0.2) is 14.8 Å². The maximum Gasteiger partial charge on any atom is 0.154 e. The molecule has 0 amide bonds. The maximum absolute atomic E-state index is 4.43. The van der Waals surface area contributed by atoms with Gasteiger partial charge in [0.25, 0.3) is 0 Å². The summed E-state index contributed by atoms with van der Waals surface area (Å²) >= 11 is 0. The van der Waals surface area contributed by atoms with Crippen LogP contribution in [-0.2, 0) is 7.05 Å². The molecule has 1 heterocycles. The molecule has 3 nitrogen and oxygen atoms in total. The molecule has 0 spiro atoms. The Morgan fingerprint density at radius 2 is 2.00 bits per heavy atom. The van der Waals surface area contributed by atoms with Gasteiger partial charge in [0, 0.05) is 13.0 Å². The predicted octanol–water partition coefficient (Wildman–Crippen LogP) is 2.21. The fourth-order valence-corrected chi connectivity index (χ4v) is 3.32. The van der Waals surface area contributed by atoms with Gasteiger partial charge in [-0.05, 0) is 36.5 Å². The second-order valence-corrected chi connectivity index (χ2v) is 5.61. The molecule has 0 aromatic carbocycles. The highest BCUT2D eigenvalue weighted by molar-refractivity contribution is 5.18. The number of aromatic nitrogens is 3. The van der Waals surface area contributed by atoms with Crippen molar-refractivity contribution in [2.75, 3.05) is 0 Å². The third-order valence-corrected chi connectivity index (χ3v) is 4.34. The smallest absolute Gasteiger partial charge is 0.154 e. The minimum atomic E-state index is 0.696. The van der Waals surface area contributed by atoms with Crippen molar-refractivity contribution in [1.82, 2.24) is 14.8 Å². The first-order valence-corrected chi connectivity index (χ1v) is 6.02. The number of aryl methyl sites for hydroxylation is 1. The Hall–Kier alpha value is -0.860. The van der Waals surface area contributed by atoms with Crippen molar-refractivity contribution >= 4 is 0 Å². The van der Waals surface area contributed by atoms with E-state index in [4.69, 9.17) is 0 Å². The van der Waals surface area contributed by atoms with Crippen LogP contribution >= 0.6 is 0 Å². The average molecular weight is 205 g/mol. The summed E-state index contributed by atoms with van der Waals surface area (Å²) in [7, 11) is 1.95. The molecule has 15 heavy (non-hydrogen) atoms. The van der Waals surface area contributed by atoms with Gasteiger partial charge in [-0.15, -0.1) is 0 Å². The van der Waals surface area contributed by atoms with E-state index in [1.165, 1.54) is 12.8 Å². The molecular formula is C12H19N3. The van der Waals surface area contributed by atoms with Crippen LogP contribution < -0.4 is 0 Å². The first-order chi connectivity index (χ1) is 7.16. The molecule has 1 aromatic rings. The lowest BCUT2D eigenvalue weighted by Crippen LogP contribution is -2.08. The zero-order valence-electron chi connectivity index (χ0n) is 9.72. The van der Waals surface area contributed by atoms with E-state index >= 15 is 0 Å².